The van der Waals surface area contributed by atoms with Gasteiger partial charge in [0.15, 0.2) is 0 Å². The number of carbonyl (C=O) groups excluding carboxylic acids is 2. The molecular formula is C16H25N3O3. The molecule has 0 saturated heterocycles. The summed E-state index contributed by atoms with van der Waals surface area (Å²) in [5.41, 5.74) is 6.21. The largest absolute Gasteiger partial charge is 0.383 e. The van der Waals surface area contributed by atoms with Gasteiger partial charge in [0.1, 0.15) is 0 Å². The van der Waals surface area contributed by atoms with E-state index in [9.17, 15) is 9.59 Å². The number of hydrogen-bond donors (Lipinski definition) is 2. The van der Waals surface area contributed by atoms with Crippen LogP contribution < -0.4 is 11.1 Å². The molecule has 0 heterocycles. The number of hydrogen-bond acceptors (Lipinski definition) is 3. The third kappa shape index (κ3) is 5.04. The Morgan fingerprint density at radius 2 is 1.82 bits per heavy atom. The van der Waals surface area contributed by atoms with Crippen molar-refractivity contribution >= 4 is 17.6 Å². The molecule has 0 aliphatic heterocycles. The summed E-state index contributed by atoms with van der Waals surface area (Å²) in [5, 5.41) is 2.47. The molecule has 3 N–H and O–H groups in total. The Labute approximate surface area is 131 Å². The summed E-state index contributed by atoms with van der Waals surface area (Å²) in [4.78, 5) is 25.4. The number of anilines is 1. The zero-order chi connectivity index (χ0) is 16.5. The third-order valence-electron chi connectivity index (χ3n) is 3.58. The molecule has 6 heteroatoms. The van der Waals surface area contributed by atoms with Crippen molar-refractivity contribution in [3.05, 3.63) is 29.8 Å². The van der Waals surface area contributed by atoms with E-state index in [2.05, 4.69) is 19.2 Å². The molecule has 6 nitrogen and oxygen atoms in total. The Kier molecular flexibility index (Phi) is 7.39. The highest BCUT2D eigenvalue weighted by atomic mass is 16.5. The minimum absolute atomic E-state index is 0.0311. The Morgan fingerprint density at radius 1 is 1.23 bits per heavy atom. The molecule has 1 aromatic carbocycles. The zero-order valence-electron chi connectivity index (χ0n) is 13.5. The van der Waals surface area contributed by atoms with Crippen molar-refractivity contribution in [2.75, 3.05) is 25.6 Å². The van der Waals surface area contributed by atoms with Crippen LogP contribution in [0.1, 0.15) is 37.0 Å². The number of amides is 3. The van der Waals surface area contributed by atoms with E-state index in [1.165, 1.54) is 0 Å². The molecule has 0 saturated carbocycles. The van der Waals surface area contributed by atoms with Crippen LogP contribution in [-0.4, -0.2) is 43.1 Å². The van der Waals surface area contributed by atoms with Gasteiger partial charge < -0.3 is 20.7 Å². The van der Waals surface area contributed by atoms with Gasteiger partial charge in [0.05, 0.1) is 6.61 Å². The minimum Gasteiger partial charge on any atom is -0.383 e. The van der Waals surface area contributed by atoms with E-state index in [-0.39, 0.29) is 11.9 Å². The first kappa shape index (κ1) is 18.0. The number of urea groups is 1. The molecule has 0 radical (unpaired) electrons. The van der Waals surface area contributed by atoms with Crippen LogP contribution in [0.3, 0.4) is 0 Å². The lowest BCUT2D eigenvalue weighted by Gasteiger charge is -2.30. The van der Waals surface area contributed by atoms with Crippen molar-refractivity contribution in [1.82, 2.24) is 4.90 Å². The highest BCUT2D eigenvalue weighted by molar-refractivity contribution is 5.95. The quantitative estimate of drug-likeness (QED) is 0.773. The van der Waals surface area contributed by atoms with Crippen LogP contribution in [0.4, 0.5) is 10.5 Å². The van der Waals surface area contributed by atoms with Crippen LogP contribution in [0.15, 0.2) is 24.3 Å². The topological polar surface area (TPSA) is 84.7 Å². The second-order valence-corrected chi connectivity index (χ2v) is 5.03. The summed E-state index contributed by atoms with van der Waals surface area (Å²) in [7, 11) is 1.62. The number of nitrogens with two attached hydrogens (primary N) is 1. The summed E-state index contributed by atoms with van der Waals surface area (Å²) < 4.78 is 5.11. The molecule has 0 aliphatic carbocycles. The predicted octanol–water partition coefficient (Wildman–Crippen LogP) is 2.45. The fourth-order valence-corrected chi connectivity index (χ4v) is 2.37. The van der Waals surface area contributed by atoms with Gasteiger partial charge in [-0.25, -0.2) is 4.79 Å². The van der Waals surface area contributed by atoms with Gasteiger partial charge in [-0.1, -0.05) is 13.8 Å². The standard InChI is InChI=1S/C16H25N3O3/c1-4-14(5-2)19(10-11-22-3)15(20)12-6-8-13(9-7-12)18-16(17)21/h6-9,14H,4-5,10-11H2,1-3H3,(H3,17,18,21). The van der Waals surface area contributed by atoms with E-state index >= 15 is 0 Å². The van der Waals surface area contributed by atoms with Crippen molar-refractivity contribution in [3.63, 3.8) is 0 Å². The number of carbonyl (C=O) groups is 2. The van der Waals surface area contributed by atoms with Gasteiger partial charge in [0.2, 0.25) is 0 Å². The number of benzene rings is 1. The Balaban J connectivity index is 2.90. The fraction of sp³-hybridized carbons (Fsp3) is 0.500. The van der Waals surface area contributed by atoms with Crippen LogP contribution >= 0.6 is 0 Å². The van der Waals surface area contributed by atoms with Gasteiger partial charge in [-0.15, -0.1) is 0 Å². The number of rotatable bonds is 8. The lowest BCUT2D eigenvalue weighted by molar-refractivity contribution is 0.0589. The van der Waals surface area contributed by atoms with Crippen LogP contribution in [0.5, 0.6) is 0 Å². The maximum atomic E-state index is 12.7. The average Bonchev–Trinajstić information content (AvgIpc) is 2.51. The SMILES string of the molecule is CCC(CC)N(CCOC)C(=O)c1ccc(NC(N)=O)cc1. The van der Waals surface area contributed by atoms with Gasteiger partial charge in [-0.3, -0.25) is 4.79 Å². The number of ether oxygens (including phenoxy) is 1. The number of primary amides is 1. The van der Waals surface area contributed by atoms with Crippen LogP contribution in [0.2, 0.25) is 0 Å². The third-order valence-corrected chi connectivity index (χ3v) is 3.58. The van der Waals surface area contributed by atoms with Gasteiger partial charge in [-0.2, -0.15) is 0 Å². The first-order valence-corrected chi connectivity index (χ1v) is 7.49. The lowest BCUT2D eigenvalue weighted by Crippen LogP contribution is -2.41. The molecular weight excluding hydrogens is 282 g/mol. The molecule has 122 valence electrons. The smallest absolute Gasteiger partial charge is 0.316 e. The molecule has 0 spiro atoms. The van der Waals surface area contributed by atoms with Crippen LogP contribution in [-0.2, 0) is 4.74 Å². The van der Waals surface area contributed by atoms with Crippen LogP contribution in [0, 0.1) is 0 Å². The van der Waals surface area contributed by atoms with Gasteiger partial charge in [0.25, 0.3) is 5.91 Å². The van der Waals surface area contributed by atoms with Gasteiger partial charge in [0, 0.05) is 30.9 Å². The summed E-state index contributed by atoms with van der Waals surface area (Å²) in [5.74, 6) is -0.0311. The molecule has 0 unspecified atom stereocenters. The summed E-state index contributed by atoms with van der Waals surface area (Å²) in [6, 6.07) is 6.27. The maximum absolute atomic E-state index is 12.7. The normalized spacial score (nSPS) is 10.5. The first-order valence-electron chi connectivity index (χ1n) is 7.49. The van der Waals surface area contributed by atoms with E-state index in [4.69, 9.17) is 10.5 Å². The molecule has 0 aromatic heterocycles. The highest BCUT2D eigenvalue weighted by Gasteiger charge is 2.22. The summed E-state index contributed by atoms with van der Waals surface area (Å²) >= 11 is 0. The van der Waals surface area contributed by atoms with Crippen molar-refractivity contribution in [1.29, 1.82) is 0 Å². The molecule has 22 heavy (non-hydrogen) atoms. The molecule has 0 aliphatic rings. The minimum atomic E-state index is -0.627. The average molecular weight is 307 g/mol. The fourth-order valence-electron chi connectivity index (χ4n) is 2.37. The molecule has 1 aromatic rings. The molecule has 0 bridgehead atoms. The van der Waals surface area contributed by atoms with Gasteiger partial charge in [-0.05, 0) is 37.1 Å². The van der Waals surface area contributed by atoms with Gasteiger partial charge >= 0.3 is 6.03 Å². The van der Waals surface area contributed by atoms with E-state index in [0.717, 1.165) is 12.8 Å². The zero-order valence-corrected chi connectivity index (χ0v) is 13.5. The Bertz CT molecular complexity index is 484. The highest BCUT2D eigenvalue weighted by Crippen LogP contribution is 2.16. The van der Waals surface area contributed by atoms with Crippen molar-refractivity contribution in [3.8, 4) is 0 Å². The van der Waals surface area contributed by atoms with E-state index < -0.39 is 6.03 Å². The lowest BCUT2D eigenvalue weighted by atomic mass is 10.1. The van der Waals surface area contributed by atoms with E-state index in [1.54, 1.807) is 31.4 Å². The monoisotopic (exact) mass is 307 g/mol. The second-order valence-electron chi connectivity index (χ2n) is 5.03. The maximum Gasteiger partial charge on any atom is 0.316 e. The van der Waals surface area contributed by atoms with Crippen LogP contribution in [0.25, 0.3) is 0 Å². The number of nitrogens with zero attached hydrogens (tertiary/aromatic N) is 1. The predicted molar refractivity (Wildman–Crippen MR) is 86.9 cm³/mol. The van der Waals surface area contributed by atoms with Crippen molar-refractivity contribution < 1.29 is 14.3 Å². The second kappa shape index (κ2) is 9.04. The number of methoxy groups -OCH3 is 1. The molecule has 0 fully saturated rings. The first-order chi connectivity index (χ1) is 10.5. The Hall–Kier alpha value is -2.08. The number of nitrogens with one attached hydrogen (secondary N) is 1. The van der Waals surface area contributed by atoms with E-state index in [1.807, 2.05) is 4.90 Å². The molecule has 3 amide bonds. The Morgan fingerprint density at radius 3 is 2.27 bits per heavy atom. The van der Waals surface area contributed by atoms with E-state index in [0.29, 0.717) is 24.4 Å². The molecule has 1 rings (SSSR count). The van der Waals surface area contributed by atoms with Crippen molar-refractivity contribution in [2.45, 2.75) is 32.7 Å². The summed E-state index contributed by atoms with van der Waals surface area (Å²) in [6.07, 6.45) is 1.79. The van der Waals surface area contributed by atoms with Crippen molar-refractivity contribution in [2.24, 2.45) is 5.73 Å². The molecule has 0 atom stereocenters. The summed E-state index contributed by atoms with van der Waals surface area (Å²) in [6.45, 7) is 5.20.